The maximum absolute atomic E-state index is 5.80. The van der Waals surface area contributed by atoms with E-state index in [1.54, 1.807) is 0 Å². The van der Waals surface area contributed by atoms with Crippen molar-refractivity contribution in [2.24, 2.45) is 17.6 Å². The van der Waals surface area contributed by atoms with Crippen LogP contribution >= 0.6 is 0 Å². The average Bonchev–Trinajstić information content (AvgIpc) is 2.79. The maximum Gasteiger partial charge on any atom is 0.0831 e. The van der Waals surface area contributed by atoms with Crippen molar-refractivity contribution in [1.29, 1.82) is 0 Å². The van der Waals surface area contributed by atoms with Gasteiger partial charge in [-0.2, -0.15) is 0 Å². The first-order valence-corrected chi connectivity index (χ1v) is 5.04. The van der Waals surface area contributed by atoms with Crippen molar-refractivity contribution in [2.45, 2.75) is 39.2 Å². The normalized spacial score (nSPS) is 33.0. The van der Waals surface area contributed by atoms with E-state index in [-0.39, 0.29) is 5.60 Å². The van der Waals surface area contributed by atoms with Gasteiger partial charge in [0, 0.05) is 13.2 Å². The average molecular weight is 171 g/mol. The van der Waals surface area contributed by atoms with Crippen LogP contribution in [0, 0.1) is 11.8 Å². The number of nitrogens with two attached hydrogens (primary N) is 1. The van der Waals surface area contributed by atoms with Gasteiger partial charge >= 0.3 is 0 Å². The molecule has 0 radical (unpaired) electrons. The van der Waals surface area contributed by atoms with Crippen LogP contribution < -0.4 is 5.73 Å². The molecular weight excluding hydrogens is 150 g/mol. The molecule has 0 aromatic carbocycles. The van der Waals surface area contributed by atoms with E-state index in [2.05, 4.69) is 13.8 Å². The molecule has 2 N–H and O–H groups in total. The summed E-state index contributed by atoms with van der Waals surface area (Å²) in [6.45, 7) is 7.96. The lowest BCUT2D eigenvalue weighted by Gasteiger charge is -2.31. The molecule has 2 heteroatoms. The third-order valence-corrected chi connectivity index (χ3v) is 3.16. The van der Waals surface area contributed by atoms with Crippen LogP contribution in [0.2, 0.25) is 0 Å². The maximum atomic E-state index is 5.80. The third kappa shape index (κ3) is 1.64. The first-order valence-electron chi connectivity index (χ1n) is 5.04. The van der Waals surface area contributed by atoms with E-state index in [4.69, 9.17) is 10.5 Å². The highest BCUT2D eigenvalue weighted by atomic mass is 16.5. The molecule has 1 saturated carbocycles. The van der Waals surface area contributed by atoms with Gasteiger partial charge in [-0.3, -0.25) is 0 Å². The van der Waals surface area contributed by atoms with Crippen molar-refractivity contribution in [3.05, 3.63) is 0 Å². The van der Waals surface area contributed by atoms with Crippen molar-refractivity contribution in [3.8, 4) is 0 Å². The fraction of sp³-hybridized carbons (Fsp3) is 1.00. The van der Waals surface area contributed by atoms with Crippen LogP contribution in [0.1, 0.15) is 33.6 Å². The van der Waals surface area contributed by atoms with E-state index < -0.39 is 0 Å². The number of rotatable bonds is 5. The first-order chi connectivity index (χ1) is 5.70. The summed E-state index contributed by atoms with van der Waals surface area (Å²) >= 11 is 0. The summed E-state index contributed by atoms with van der Waals surface area (Å²) in [5.74, 6) is 1.53. The second kappa shape index (κ2) is 3.75. The molecule has 3 unspecified atom stereocenters. The fourth-order valence-electron chi connectivity index (χ4n) is 2.17. The van der Waals surface area contributed by atoms with E-state index in [1.807, 2.05) is 6.92 Å². The molecule has 12 heavy (non-hydrogen) atoms. The molecule has 0 saturated heterocycles. The van der Waals surface area contributed by atoms with Crippen molar-refractivity contribution in [3.63, 3.8) is 0 Å². The molecule has 0 heterocycles. The summed E-state index contributed by atoms with van der Waals surface area (Å²) in [5.41, 5.74) is 5.78. The van der Waals surface area contributed by atoms with Crippen LogP contribution in [0.5, 0.6) is 0 Å². The van der Waals surface area contributed by atoms with Crippen LogP contribution in [-0.4, -0.2) is 18.8 Å². The van der Waals surface area contributed by atoms with Gasteiger partial charge in [0.15, 0.2) is 0 Å². The molecule has 0 aromatic heterocycles. The zero-order chi connectivity index (χ0) is 9.19. The molecule has 72 valence electrons. The summed E-state index contributed by atoms with van der Waals surface area (Å²) in [6, 6.07) is 0. The minimum Gasteiger partial charge on any atom is -0.374 e. The topological polar surface area (TPSA) is 35.2 Å². The Balaban J connectivity index is 2.56. The van der Waals surface area contributed by atoms with Gasteiger partial charge in [0.2, 0.25) is 0 Å². The largest absolute Gasteiger partial charge is 0.374 e. The molecule has 0 amide bonds. The molecule has 0 aromatic rings. The van der Waals surface area contributed by atoms with Crippen molar-refractivity contribution in [1.82, 2.24) is 0 Å². The SMILES string of the molecule is CCOC(CC)(CN)C1CC1C. The van der Waals surface area contributed by atoms with Crippen molar-refractivity contribution < 1.29 is 4.74 Å². The van der Waals surface area contributed by atoms with E-state index in [9.17, 15) is 0 Å². The van der Waals surface area contributed by atoms with Crippen LogP contribution in [-0.2, 0) is 4.74 Å². The lowest BCUT2D eigenvalue weighted by molar-refractivity contribution is -0.0551. The van der Waals surface area contributed by atoms with Gasteiger partial charge in [0.25, 0.3) is 0 Å². The molecular formula is C10H21NO. The van der Waals surface area contributed by atoms with Crippen LogP contribution in [0.4, 0.5) is 0 Å². The van der Waals surface area contributed by atoms with Gasteiger partial charge in [-0.1, -0.05) is 13.8 Å². The van der Waals surface area contributed by atoms with Crippen LogP contribution in [0.3, 0.4) is 0 Å². The molecule has 1 aliphatic rings. The highest BCUT2D eigenvalue weighted by molar-refractivity contribution is 5.00. The predicted octanol–water partition coefficient (Wildman–Crippen LogP) is 1.79. The Kier molecular flexibility index (Phi) is 3.13. The quantitative estimate of drug-likeness (QED) is 0.684. The van der Waals surface area contributed by atoms with E-state index in [1.165, 1.54) is 6.42 Å². The highest BCUT2D eigenvalue weighted by Gasteiger charge is 2.49. The molecule has 0 spiro atoms. The van der Waals surface area contributed by atoms with Gasteiger partial charge in [-0.25, -0.2) is 0 Å². The monoisotopic (exact) mass is 171 g/mol. The van der Waals surface area contributed by atoms with Gasteiger partial charge in [-0.05, 0) is 31.6 Å². The van der Waals surface area contributed by atoms with Crippen molar-refractivity contribution >= 4 is 0 Å². The first kappa shape index (κ1) is 10.0. The highest BCUT2D eigenvalue weighted by Crippen LogP contribution is 2.48. The minimum atomic E-state index is -0.00579. The fourth-order valence-corrected chi connectivity index (χ4v) is 2.17. The van der Waals surface area contributed by atoms with E-state index in [0.29, 0.717) is 12.5 Å². The number of ether oxygens (including phenoxy) is 1. The minimum absolute atomic E-state index is 0.00579. The Hall–Kier alpha value is -0.0800. The summed E-state index contributed by atoms with van der Waals surface area (Å²) in [7, 11) is 0. The number of hydrogen-bond donors (Lipinski definition) is 1. The third-order valence-electron chi connectivity index (χ3n) is 3.16. The Bertz CT molecular complexity index is 143. The second-order valence-electron chi connectivity index (χ2n) is 3.87. The Morgan fingerprint density at radius 3 is 2.33 bits per heavy atom. The molecule has 1 fully saturated rings. The Labute approximate surface area is 75.5 Å². The zero-order valence-electron chi connectivity index (χ0n) is 8.47. The molecule has 0 aliphatic heterocycles. The lowest BCUT2D eigenvalue weighted by Crippen LogP contribution is -2.43. The van der Waals surface area contributed by atoms with Gasteiger partial charge in [0.1, 0.15) is 0 Å². The summed E-state index contributed by atoms with van der Waals surface area (Å²) in [6.07, 6.45) is 2.34. The molecule has 1 aliphatic carbocycles. The van der Waals surface area contributed by atoms with E-state index >= 15 is 0 Å². The van der Waals surface area contributed by atoms with Gasteiger partial charge in [0.05, 0.1) is 5.60 Å². The predicted molar refractivity (Wildman–Crippen MR) is 51.0 cm³/mol. The Morgan fingerprint density at radius 1 is 1.50 bits per heavy atom. The Morgan fingerprint density at radius 2 is 2.08 bits per heavy atom. The smallest absolute Gasteiger partial charge is 0.0831 e. The van der Waals surface area contributed by atoms with Crippen LogP contribution in [0.25, 0.3) is 0 Å². The standard InChI is InChI=1S/C10H21NO/c1-4-10(7-11,12-5-2)9-6-8(9)3/h8-9H,4-7,11H2,1-3H3. The molecule has 2 nitrogen and oxygen atoms in total. The lowest BCUT2D eigenvalue weighted by atomic mass is 9.93. The zero-order valence-corrected chi connectivity index (χ0v) is 8.47. The number of hydrogen-bond acceptors (Lipinski definition) is 2. The molecule has 3 atom stereocenters. The summed E-state index contributed by atoms with van der Waals surface area (Å²) in [5, 5.41) is 0. The van der Waals surface area contributed by atoms with E-state index in [0.717, 1.165) is 18.9 Å². The molecule has 0 bridgehead atoms. The van der Waals surface area contributed by atoms with Gasteiger partial charge in [-0.15, -0.1) is 0 Å². The summed E-state index contributed by atoms with van der Waals surface area (Å²) < 4.78 is 5.80. The summed E-state index contributed by atoms with van der Waals surface area (Å²) in [4.78, 5) is 0. The van der Waals surface area contributed by atoms with Crippen molar-refractivity contribution in [2.75, 3.05) is 13.2 Å². The van der Waals surface area contributed by atoms with Gasteiger partial charge < -0.3 is 10.5 Å². The second-order valence-corrected chi connectivity index (χ2v) is 3.87. The van der Waals surface area contributed by atoms with Crippen LogP contribution in [0.15, 0.2) is 0 Å². The molecule has 1 rings (SSSR count).